The van der Waals surface area contributed by atoms with E-state index in [4.69, 9.17) is 25.2 Å². The van der Waals surface area contributed by atoms with Crippen molar-refractivity contribution in [2.24, 2.45) is 5.73 Å². The second-order valence-corrected chi connectivity index (χ2v) is 12.3. The minimum atomic E-state index is -0.685. The van der Waals surface area contributed by atoms with E-state index in [0.717, 1.165) is 50.3 Å². The number of piperidine rings is 1. The van der Waals surface area contributed by atoms with Crippen molar-refractivity contribution in [2.75, 3.05) is 82.2 Å². The zero-order chi connectivity index (χ0) is 31.3. The van der Waals surface area contributed by atoms with Crippen LogP contribution in [0.3, 0.4) is 0 Å². The Morgan fingerprint density at radius 1 is 0.978 bits per heavy atom. The first kappa shape index (κ1) is 31.0. The number of anilines is 4. The number of nitrogens with zero attached hydrogens (tertiary/aromatic N) is 6. The van der Waals surface area contributed by atoms with E-state index in [-0.39, 0.29) is 17.6 Å². The monoisotopic (exact) mass is 615 g/mol. The van der Waals surface area contributed by atoms with Crippen LogP contribution in [0, 0.1) is 6.92 Å². The largest absolute Gasteiger partial charge is 0.494 e. The summed E-state index contributed by atoms with van der Waals surface area (Å²) in [5, 5.41) is 6.87. The van der Waals surface area contributed by atoms with Crippen molar-refractivity contribution < 1.29 is 14.3 Å². The molecule has 240 valence electrons. The molecule has 2 aromatic heterocycles. The summed E-state index contributed by atoms with van der Waals surface area (Å²) in [5.74, 6) is 0.630. The van der Waals surface area contributed by atoms with E-state index >= 15 is 0 Å². The van der Waals surface area contributed by atoms with E-state index in [1.165, 1.54) is 31.6 Å². The lowest BCUT2D eigenvalue weighted by Gasteiger charge is -2.43. The summed E-state index contributed by atoms with van der Waals surface area (Å²) in [6.07, 6.45) is 5.67. The number of piperazine rings is 1. The summed E-state index contributed by atoms with van der Waals surface area (Å²) < 4.78 is 11.1. The smallest absolute Gasteiger partial charge is 0.271 e. The minimum absolute atomic E-state index is 0.0305. The number of primary amides is 1. The Morgan fingerprint density at radius 2 is 1.73 bits per heavy atom. The van der Waals surface area contributed by atoms with Gasteiger partial charge in [0, 0.05) is 82.1 Å². The first-order valence-corrected chi connectivity index (χ1v) is 16.0. The predicted molar refractivity (Wildman–Crippen MR) is 177 cm³/mol. The summed E-state index contributed by atoms with van der Waals surface area (Å²) in [7, 11) is 3.78. The second-order valence-electron chi connectivity index (χ2n) is 12.3. The van der Waals surface area contributed by atoms with Crippen LogP contribution in [0.25, 0.3) is 11.4 Å². The standard InChI is InChI=1S/C33H45N9O3/c1-22-21-24(6-7-26(22)42-13-8-25(9-14-42)41-17-15-40(2)16-18-41)37-33-30(31(34)43)38-29(28-27(44-3)5-4-12-35-28)32(39-33)36-23-10-19-45-20-11-23/h4-7,12,21,23,25H,8-11,13-20H2,1-3H3,(H2,34,43)(H2,36,37,39). The number of nitrogens with one attached hydrogen (secondary N) is 2. The van der Waals surface area contributed by atoms with Crippen molar-refractivity contribution in [1.82, 2.24) is 24.8 Å². The number of ether oxygens (including phenoxy) is 2. The van der Waals surface area contributed by atoms with Gasteiger partial charge in [0.05, 0.1) is 7.11 Å². The fourth-order valence-electron chi connectivity index (χ4n) is 6.61. The highest BCUT2D eigenvalue weighted by Gasteiger charge is 2.28. The highest BCUT2D eigenvalue weighted by Crippen LogP contribution is 2.35. The van der Waals surface area contributed by atoms with E-state index in [9.17, 15) is 4.79 Å². The van der Waals surface area contributed by atoms with Crippen LogP contribution in [0.1, 0.15) is 41.7 Å². The minimum Gasteiger partial charge on any atom is -0.494 e. The Labute approximate surface area is 265 Å². The first-order chi connectivity index (χ1) is 21.9. The van der Waals surface area contributed by atoms with Crippen molar-refractivity contribution >= 4 is 28.9 Å². The second kappa shape index (κ2) is 14.0. The molecule has 0 saturated carbocycles. The quantitative estimate of drug-likeness (QED) is 0.327. The maximum Gasteiger partial charge on any atom is 0.271 e. The van der Waals surface area contributed by atoms with Gasteiger partial charge in [-0.15, -0.1) is 0 Å². The fraction of sp³-hybridized carbons (Fsp3) is 0.515. The Kier molecular flexibility index (Phi) is 9.62. The van der Waals surface area contributed by atoms with Crippen LogP contribution in [-0.2, 0) is 4.74 Å². The predicted octanol–water partition coefficient (Wildman–Crippen LogP) is 3.51. The molecular weight excluding hydrogens is 570 g/mol. The van der Waals surface area contributed by atoms with Gasteiger partial charge >= 0.3 is 0 Å². The van der Waals surface area contributed by atoms with E-state index < -0.39 is 5.91 Å². The average Bonchev–Trinajstić information content (AvgIpc) is 3.06. The number of likely N-dealkylation sites (N-methyl/N-ethyl adjacent to an activating group) is 1. The number of methoxy groups -OCH3 is 1. The van der Waals surface area contributed by atoms with Gasteiger partial charge in [0.2, 0.25) is 0 Å². The molecule has 3 aliphatic rings. The van der Waals surface area contributed by atoms with Crippen molar-refractivity contribution in [1.29, 1.82) is 0 Å². The lowest BCUT2D eigenvalue weighted by Crippen LogP contribution is -2.52. The molecule has 0 radical (unpaired) electrons. The molecule has 3 fully saturated rings. The molecule has 12 heteroatoms. The summed E-state index contributed by atoms with van der Waals surface area (Å²) in [5.41, 5.74) is 9.97. The number of amides is 1. The number of pyridine rings is 1. The maximum absolute atomic E-state index is 12.7. The normalized spacial score (nSPS) is 19.0. The van der Waals surface area contributed by atoms with Crippen LogP contribution in [-0.4, -0.2) is 109 Å². The zero-order valence-corrected chi connectivity index (χ0v) is 26.6. The van der Waals surface area contributed by atoms with Crippen molar-refractivity contribution in [3.63, 3.8) is 0 Å². The molecule has 5 heterocycles. The van der Waals surface area contributed by atoms with Gasteiger partial charge in [0.1, 0.15) is 17.1 Å². The topological polar surface area (TPSA) is 134 Å². The highest BCUT2D eigenvalue weighted by molar-refractivity contribution is 5.97. The van der Waals surface area contributed by atoms with Crippen LogP contribution in [0.2, 0.25) is 0 Å². The molecule has 12 nitrogen and oxygen atoms in total. The van der Waals surface area contributed by atoms with Gasteiger partial charge in [0.25, 0.3) is 5.91 Å². The number of nitrogens with two attached hydrogens (primary N) is 1. The fourth-order valence-corrected chi connectivity index (χ4v) is 6.61. The van der Waals surface area contributed by atoms with Crippen molar-refractivity contribution in [2.45, 2.75) is 44.7 Å². The Hall–Kier alpha value is -4.00. The highest BCUT2D eigenvalue weighted by atomic mass is 16.5. The number of rotatable bonds is 9. The van der Waals surface area contributed by atoms with Gasteiger partial charge in [-0.3, -0.25) is 14.7 Å². The Bertz CT molecular complexity index is 1480. The van der Waals surface area contributed by atoms with E-state index in [1.54, 1.807) is 25.4 Å². The molecule has 0 spiro atoms. The van der Waals surface area contributed by atoms with Crippen molar-refractivity contribution in [3.8, 4) is 17.1 Å². The number of carbonyl (C=O) groups excluding carboxylic acids is 1. The molecule has 3 aromatic rings. The SMILES string of the molecule is COc1cccnc1-c1nc(C(N)=O)c(Nc2ccc(N3CCC(N4CCN(C)CC4)CC3)c(C)c2)nc1NC1CCOCC1. The molecule has 0 atom stereocenters. The summed E-state index contributed by atoms with van der Waals surface area (Å²) in [6, 6.07) is 10.7. The third-order valence-electron chi connectivity index (χ3n) is 9.23. The number of aromatic nitrogens is 3. The van der Waals surface area contributed by atoms with Gasteiger partial charge in [0.15, 0.2) is 17.3 Å². The van der Waals surface area contributed by atoms with Crippen LogP contribution < -0.4 is 26.0 Å². The van der Waals surface area contributed by atoms with E-state index in [2.05, 4.69) is 56.4 Å². The molecule has 0 bridgehead atoms. The number of hydrogen-bond donors (Lipinski definition) is 3. The summed E-state index contributed by atoms with van der Waals surface area (Å²) in [6.45, 7) is 10.2. The van der Waals surface area contributed by atoms with E-state index in [1.807, 2.05) is 6.07 Å². The molecule has 4 N–H and O–H groups in total. The van der Waals surface area contributed by atoms with Crippen LogP contribution in [0.5, 0.6) is 5.75 Å². The molecule has 3 saturated heterocycles. The number of hydrogen-bond acceptors (Lipinski definition) is 11. The van der Waals surface area contributed by atoms with Gasteiger partial charge in [-0.05, 0) is 75.5 Å². The Balaban J connectivity index is 1.24. The molecule has 0 aliphatic carbocycles. The number of aryl methyl sites for hydroxylation is 1. The summed E-state index contributed by atoms with van der Waals surface area (Å²) >= 11 is 0. The molecule has 1 aromatic carbocycles. The van der Waals surface area contributed by atoms with Gasteiger partial charge < -0.3 is 35.6 Å². The number of benzene rings is 1. The molecule has 45 heavy (non-hydrogen) atoms. The molecule has 3 aliphatic heterocycles. The number of carbonyl (C=O) groups is 1. The average molecular weight is 616 g/mol. The van der Waals surface area contributed by atoms with Crippen LogP contribution in [0.15, 0.2) is 36.5 Å². The van der Waals surface area contributed by atoms with Gasteiger partial charge in [-0.1, -0.05) is 0 Å². The molecule has 6 rings (SSSR count). The summed E-state index contributed by atoms with van der Waals surface area (Å²) in [4.78, 5) is 34.4. The maximum atomic E-state index is 12.7. The Morgan fingerprint density at radius 3 is 2.42 bits per heavy atom. The lowest BCUT2D eigenvalue weighted by molar-refractivity contribution is 0.0904. The van der Waals surface area contributed by atoms with Gasteiger partial charge in [-0.25, -0.2) is 9.97 Å². The molecule has 1 amide bonds. The molecule has 0 unspecified atom stereocenters. The third-order valence-corrected chi connectivity index (χ3v) is 9.23. The lowest BCUT2D eigenvalue weighted by atomic mass is 10.0. The van der Waals surface area contributed by atoms with Crippen molar-refractivity contribution in [3.05, 3.63) is 47.8 Å². The van der Waals surface area contributed by atoms with Crippen LogP contribution in [0.4, 0.5) is 23.0 Å². The van der Waals surface area contributed by atoms with E-state index in [0.29, 0.717) is 42.2 Å². The first-order valence-electron chi connectivity index (χ1n) is 16.0. The zero-order valence-electron chi connectivity index (χ0n) is 26.6. The van der Waals surface area contributed by atoms with Gasteiger partial charge in [-0.2, -0.15) is 0 Å². The molecular formula is C33H45N9O3. The van der Waals surface area contributed by atoms with Crippen LogP contribution >= 0.6 is 0 Å². The third kappa shape index (κ3) is 7.13.